The molecule has 0 heterocycles. The van der Waals surface area contributed by atoms with Gasteiger partial charge in [0.25, 0.3) is 15.9 Å². The molecule has 6 nitrogen and oxygen atoms in total. The van der Waals surface area contributed by atoms with Gasteiger partial charge in [-0.05, 0) is 61.0 Å². The van der Waals surface area contributed by atoms with E-state index in [9.17, 15) is 13.2 Å². The number of nitrogens with one attached hydrogen (secondary N) is 2. The van der Waals surface area contributed by atoms with Crippen molar-refractivity contribution in [1.82, 2.24) is 10.2 Å². The molecule has 0 radical (unpaired) electrons. The van der Waals surface area contributed by atoms with Crippen molar-refractivity contribution in [3.8, 4) is 0 Å². The fourth-order valence-electron chi connectivity index (χ4n) is 2.91. The molecule has 0 aliphatic rings. The lowest BCUT2D eigenvalue weighted by molar-refractivity contribution is 0.0949. The molecule has 0 aliphatic carbocycles. The van der Waals surface area contributed by atoms with Gasteiger partial charge in [-0.1, -0.05) is 39.8 Å². The second-order valence-corrected chi connectivity index (χ2v) is 8.87. The fourth-order valence-corrected chi connectivity index (χ4v) is 3.96. The van der Waals surface area contributed by atoms with Crippen LogP contribution in [0.3, 0.4) is 0 Å². The maximum atomic E-state index is 12.6. The van der Waals surface area contributed by atoms with Gasteiger partial charge >= 0.3 is 0 Å². The zero-order chi connectivity index (χ0) is 21.4. The molecule has 0 aliphatic heterocycles. The van der Waals surface area contributed by atoms with Gasteiger partial charge in [-0.15, -0.1) is 0 Å². The van der Waals surface area contributed by atoms with Crippen LogP contribution in [0, 0.1) is 0 Å². The smallest absolute Gasteiger partial charge is 0.261 e. The van der Waals surface area contributed by atoms with Crippen molar-refractivity contribution in [2.75, 3.05) is 30.9 Å². The molecule has 29 heavy (non-hydrogen) atoms. The van der Waals surface area contributed by atoms with E-state index in [1.165, 1.54) is 0 Å². The quantitative estimate of drug-likeness (QED) is 0.618. The predicted octanol–water partition coefficient (Wildman–Crippen LogP) is 3.68. The Bertz CT molecular complexity index is 888. The predicted molar refractivity (Wildman–Crippen MR) is 118 cm³/mol. The molecule has 2 aromatic rings. The number of nitrogens with zero attached hydrogens (tertiary/aromatic N) is 1. The van der Waals surface area contributed by atoms with E-state index >= 15 is 0 Å². The Morgan fingerprint density at radius 1 is 0.966 bits per heavy atom. The Kier molecular flexibility index (Phi) is 8.22. The van der Waals surface area contributed by atoms with Crippen LogP contribution in [0.25, 0.3) is 0 Å². The average Bonchev–Trinajstić information content (AvgIpc) is 2.71. The van der Waals surface area contributed by atoms with Gasteiger partial charge in [-0.3, -0.25) is 9.52 Å². The van der Waals surface area contributed by atoms with Gasteiger partial charge in [0.1, 0.15) is 0 Å². The molecular formula is C22H31N3O3S. The highest BCUT2D eigenvalue weighted by Gasteiger charge is 2.15. The summed E-state index contributed by atoms with van der Waals surface area (Å²) in [5.74, 6) is 0.168. The van der Waals surface area contributed by atoms with E-state index in [1.54, 1.807) is 36.4 Å². The highest BCUT2D eigenvalue weighted by atomic mass is 32.2. The van der Waals surface area contributed by atoms with Crippen molar-refractivity contribution >= 4 is 21.6 Å². The number of carbonyl (C=O) groups is 1. The normalized spacial score (nSPS) is 11.7. The zero-order valence-corrected chi connectivity index (χ0v) is 18.4. The second kappa shape index (κ2) is 10.4. The molecule has 2 rings (SSSR count). The van der Waals surface area contributed by atoms with Crippen molar-refractivity contribution in [2.24, 2.45) is 0 Å². The summed E-state index contributed by atoms with van der Waals surface area (Å²) in [7, 11) is -3.67. The van der Waals surface area contributed by atoms with Gasteiger partial charge in [-0.25, -0.2) is 8.42 Å². The van der Waals surface area contributed by atoms with Crippen LogP contribution >= 0.6 is 0 Å². The minimum atomic E-state index is -3.67. The van der Waals surface area contributed by atoms with E-state index in [4.69, 9.17) is 0 Å². The molecule has 2 N–H and O–H groups in total. The first-order valence-corrected chi connectivity index (χ1v) is 11.5. The molecule has 158 valence electrons. The number of rotatable bonds is 10. The Balaban J connectivity index is 1.98. The SMILES string of the molecule is CCN(CC)CCNC(=O)c1ccc(NS(=O)(=O)c2ccc(C(C)C)cc2)cc1. The van der Waals surface area contributed by atoms with Crippen molar-refractivity contribution in [1.29, 1.82) is 0 Å². The van der Waals surface area contributed by atoms with E-state index in [0.29, 0.717) is 23.7 Å². The van der Waals surface area contributed by atoms with Crippen LogP contribution in [0.15, 0.2) is 53.4 Å². The lowest BCUT2D eigenvalue weighted by Crippen LogP contribution is -2.34. The van der Waals surface area contributed by atoms with Crippen molar-refractivity contribution < 1.29 is 13.2 Å². The topological polar surface area (TPSA) is 78.5 Å². The first-order chi connectivity index (χ1) is 13.8. The van der Waals surface area contributed by atoms with E-state index < -0.39 is 10.0 Å². The fraction of sp³-hybridized carbons (Fsp3) is 0.409. The number of hydrogen-bond donors (Lipinski definition) is 2. The minimum absolute atomic E-state index is 0.171. The number of carbonyl (C=O) groups excluding carboxylic acids is 1. The number of likely N-dealkylation sites (N-methyl/N-ethyl adjacent to an activating group) is 1. The third kappa shape index (κ3) is 6.58. The number of anilines is 1. The lowest BCUT2D eigenvalue weighted by Gasteiger charge is -2.18. The highest BCUT2D eigenvalue weighted by Crippen LogP contribution is 2.20. The molecule has 0 spiro atoms. The van der Waals surface area contributed by atoms with Crippen LogP contribution in [0.5, 0.6) is 0 Å². The third-order valence-corrected chi connectivity index (χ3v) is 6.26. The van der Waals surface area contributed by atoms with Gasteiger partial charge in [0.2, 0.25) is 0 Å². The van der Waals surface area contributed by atoms with Crippen molar-refractivity contribution in [3.05, 3.63) is 59.7 Å². The van der Waals surface area contributed by atoms with Crippen LogP contribution in [0.1, 0.15) is 49.5 Å². The molecule has 7 heteroatoms. The summed E-state index contributed by atoms with van der Waals surface area (Å²) in [6.07, 6.45) is 0. The number of benzene rings is 2. The van der Waals surface area contributed by atoms with E-state index in [-0.39, 0.29) is 10.8 Å². The van der Waals surface area contributed by atoms with Gasteiger partial charge < -0.3 is 10.2 Å². The molecule has 0 aromatic heterocycles. The molecule has 0 atom stereocenters. The van der Waals surface area contributed by atoms with Gasteiger partial charge in [0.15, 0.2) is 0 Å². The summed E-state index contributed by atoms with van der Waals surface area (Å²) in [4.78, 5) is 14.7. The van der Waals surface area contributed by atoms with Crippen molar-refractivity contribution in [3.63, 3.8) is 0 Å². The Morgan fingerprint density at radius 3 is 2.07 bits per heavy atom. The first kappa shape index (κ1) is 22.9. The van der Waals surface area contributed by atoms with E-state index in [0.717, 1.165) is 25.2 Å². The zero-order valence-electron chi connectivity index (χ0n) is 17.6. The lowest BCUT2D eigenvalue weighted by atomic mass is 10.0. The summed E-state index contributed by atoms with van der Waals surface area (Å²) in [6, 6.07) is 13.3. The first-order valence-electron chi connectivity index (χ1n) is 10.00. The maximum absolute atomic E-state index is 12.6. The van der Waals surface area contributed by atoms with Gasteiger partial charge in [-0.2, -0.15) is 0 Å². The Hall–Kier alpha value is -2.38. The van der Waals surface area contributed by atoms with Gasteiger partial charge in [0, 0.05) is 24.3 Å². The molecule has 0 bridgehead atoms. The van der Waals surface area contributed by atoms with Crippen LogP contribution in [-0.4, -0.2) is 45.4 Å². The standard InChI is InChI=1S/C22H31N3O3S/c1-5-25(6-2)16-15-23-22(26)19-7-11-20(12-8-19)24-29(27,28)21-13-9-18(10-14-21)17(3)4/h7-14,17,24H,5-6,15-16H2,1-4H3,(H,23,26). The van der Waals surface area contributed by atoms with Crippen LogP contribution in [0.2, 0.25) is 0 Å². The number of amides is 1. The minimum Gasteiger partial charge on any atom is -0.351 e. The van der Waals surface area contributed by atoms with E-state index in [1.807, 2.05) is 12.1 Å². The van der Waals surface area contributed by atoms with Crippen molar-refractivity contribution in [2.45, 2.75) is 38.5 Å². The molecule has 2 aromatic carbocycles. The van der Waals surface area contributed by atoms with E-state index in [2.05, 4.69) is 42.6 Å². The molecule has 1 amide bonds. The number of hydrogen-bond acceptors (Lipinski definition) is 4. The molecule has 0 saturated heterocycles. The summed E-state index contributed by atoms with van der Waals surface area (Å²) in [6.45, 7) is 11.6. The highest BCUT2D eigenvalue weighted by molar-refractivity contribution is 7.92. The Morgan fingerprint density at radius 2 is 1.55 bits per heavy atom. The second-order valence-electron chi connectivity index (χ2n) is 7.19. The molecule has 0 unspecified atom stereocenters. The summed E-state index contributed by atoms with van der Waals surface area (Å²) >= 11 is 0. The summed E-state index contributed by atoms with van der Waals surface area (Å²) in [5.41, 5.74) is 1.99. The largest absolute Gasteiger partial charge is 0.351 e. The van der Waals surface area contributed by atoms with Crippen LogP contribution in [0.4, 0.5) is 5.69 Å². The van der Waals surface area contributed by atoms with Crippen LogP contribution in [-0.2, 0) is 10.0 Å². The van der Waals surface area contributed by atoms with Crippen LogP contribution < -0.4 is 10.0 Å². The number of sulfonamides is 1. The molecule has 0 fully saturated rings. The molecule has 0 saturated carbocycles. The Labute approximate surface area is 174 Å². The average molecular weight is 418 g/mol. The summed E-state index contributed by atoms with van der Waals surface area (Å²) < 4.78 is 27.7. The maximum Gasteiger partial charge on any atom is 0.261 e. The monoisotopic (exact) mass is 417 g/mol. The van der Waals surface area contributed by atoms with Gasteiger partial charge in [0.05, 0.1) is 4.90 Å². The molecular weight excluding hydrogens is 386 g/mol. The summed E-state index contributed by atoms with van der Waals surface area (Å²) in [5, 5.41) is 2.89. The third-order valence-electron chi connectivity index (χ3n) is 4.86.